The summed E-state index contributed by atoms with van der Waals surface area (Å²) in [6.07, 6.45) is 12.7. The van der Waals surface area contributed by atoms with Gasteiger partial charge in [0.1, 0.15) is 6.10 Å². The average molecular weight is 437 g/mol. The minimum Gasteiger partial charge on any atom is -0.462 e. The Kier molecular flexibility index (Phi) is 6.49. The van der Waals surface area contributed by atoms with E-state index in [0.29, 0.717) is 16.4 Å². The third kappa shape index (κ3) is 4.21. The number of hydrogen-bond acceptors (Lipinski definition) is 5. The second-order valence-electron chi connectivity index (χ2n) is 9.91. The zero-order valence-electron chi connectivity index (χ0n) is 18.1. The molecule has 5 unspecified atom stereocenters. The molecule has 1 N–H and O–H groups in total. The maximum absolute atomic E-state index is 11.4. The van der Waals surface area contributed by atoms with Gasteiger partial charge in [-0.1, -0.05) is 37.1 Å². The fraction of sp³-hybridized carbons (Fsp3) is 0.792. The summed E-state index contributed by atoms with van der Waals surface area (Å²) in [5.41, 5.74) is 3.19. The van der Waals surface area contributed by atoms with Crippen LogP contribution in [-0.4, -0.2) is 39.9 Å². The zero-order chi connectivity index (χ0) is 20.6. The smallest absolute Gasteiger partial charge is 0.302 e. The first-order chi connectivity index (χ1) is 13.9. The van der Waals surface area contributed by atoms with Crippen molar-refractivity contribution in [3.63, 3.8) is 0 Å². The highest BCUT2D eigenvalue weighted by molar-refractivity contribution is 8.17. The molecular formula is C24H36O3S2. The van der Waals surface area contributed by atoms with Gasteiger partial charge >= 0.3 is 5.97 Å². The molecule has 0 bridgehead atoms. The molecule has 0 radical (unpaired) electrons. The lowest BCUT2D eigenvalue weighted by Gasteiger charge is -2.56. The van der Waals surface area contributed by atoms with Crippen LogP contribution < -0.4 is 0 Å². The van der Waals surface area contributed by atoms with Crippen LogP contribution in [0.4, 0.5) is 0 Å². The van der Waals surface area contributed by atoms with Crippen LogP contribution in [0.25, 0.3) is 0 Å². The molecule has 0 aromatic carbocycles. The van der Waals surface area contributed by atoms with Crippen molar-refractivity contribution in [1.29, 1.82) is 0 Å². The lowest BCUT2D eigenvalue weighted by Crippen LogP contribution is -2.48. The van der Waals surface area contributed by atoms with E-state index < -0.39 is 0 Å². The molecule has 0 amide bonds. The van der Waals surface area contributed by atoms with Gasteiger partial charge in [-0.2, -0.15) is 0 Å². The molecule has 3 fully saturated rings. The first-order valence-electron chi connectivity index (χ1n) is 11.3. The van der Waals surface area contributed by atoms with E-state index in [1.807, 2.05) is 0 Å². The highest BCUT2D eigenvalue weighted by atomic mass is 32.2. The Morgan fingerprint density at radius 3 is 2.72 bits per heavy atom. The molecule has 1 saturated heterocycles. The second-order valence-corrected chi connectivity index (χ2v) is 12.7. The van der Waals surface area contributed by atoms with Crippen LogP contribution in [-0.2, 0) is 9.53 Å². The van der Waals surface area contributed by atoms with Gasteiger partial charge in [0.25, 0.3) is 0 Å². The first kappa shape index (κ1) is 21.8. The summed E-state index contributed by atoms with van der Waals surface area (Å²) in [6.45, 7) is 6.52. The lowest BCUT2D eigenvalue weighted by atomic mass is 9.49. The number of carbonyl (C=O) groups excluding carboxylic acids is 1. The minimum absolute atomic E-state index is 0.0553. The number of fused-ring (bicyclic) bond motifs is 3. The van der Waals surface area contributed by atoms with Crippen molar-refractivity contribution in [2.45, 2.75) is 76.4 Å². The van der Waals surface area contributed by atoms with Crippen LogP contribution in [0.3, 0.4) is 0 Å². The van der Waals surface area contributed by atoms with Crippen molar-refractivity contribution in [2.24, 2.45) is 22.7 Å². The fourth-order valence-corrected chi connectivity index (χ4v) is 9.05. The zero-order valence-corrected chi connectivity index (χ0v) is 19.7. The standard InChI is InChI=1S/C24H36O3S2/c1-16(26)27-18-7-10-24(3)17(13-18)5-6-19-20(24)8-9-23(2,15-25)21(19)14-22-28-11-4-12-29-22/h5,14,18-20,22,25H,4,6-13,15H2,1-3H3/b21-14+. The number of aliphatic hydroxyl groups excluding tert-OH is 1. The van der Waals surface area contributed by atoms with Crippen LogP contribution in [0, 0.1) is 22.7 Å². The van der Waals surface area contributed by atoms with Gasteiger partial charge in [0.2, 0.25) is 0 Å². The van der Waals surface area contributed by atoms with Gasteiger partial charge < -0.3 is 9.84 Å². The second kappa shape index (κ2) is 8.63. The molecule has 0 spiro atoms. The SMILES string of the molecule is CC(=O)OC1CCC2(C)C(=CCC3/C(=C\C4SCCCS4)C(C)(CO)CCC32)C1. The maximum atomic E-state index is 11.4. The lowest BCUT2D eigenvalue weighted by molar-refractivity contribution is -0.148. The molecular weight excluding hydrogens is 400 g/mol. The highest BCUT2D eigenvalue weighted by Crippen LogP contribution is 2.61. The minimum atomic E-state index is -0.156. The molecule has 29 heavy (non-hydrogen) atoms. The van der Waals surface area contributed by atoms with E-state index in [1.54, 1.807) is 0 Å². The summed E-state index contributed by atoms with van der Waals surface area (Å²) in [5.74, 6) is 3.54. The molecule has 3 aliphatic carbocycles. The summed E-state index contributed by atoms with van der Waals surface area (Å²) in [7, 11) is 0. The summed E-state index contributed by atoms with van der Waals surface area (Å²) < 4.78 is 6.11. The van der Waals surface area contributed by atoms with Crippen molar-refractivity contribution >= 4 is 29.5 Å². The monoisotopic (exact) mass is 436 g/mol. The Morgan fingerprint density at radius 1 is 1.28 bits per heavy atom. The normalized spacial score (nSPS) is 42.0. The Bertz CT molecular complexity index is 696. The number of carbonyl (C=O) groups is 1. The van der Waals surface area contributed by atoms with Crippen LogP contribution in [0.1, 0.15) is 65.7 Å². The van der Waals surface area contributed by atoms with Gasteiger partial charge in [0.15, 0.2) is 0 Å². The van der Waals surface area contributed by atoms with Gasteiger partial charge in [-0.25, -0.2) is 0 Å². The summed E-state index contributed by atoms with van der Waals surface area (Å²) >= 11 is 4.15. The molecule has 0 aromatic rings. The Morgan fingerprint density at radius 2 is 2.03 bits per heavy atom. The van der Waals surface area contributed by atoms with Crippen LogP contribution in [0.2, 0.25) is 0 Å². The third-order valence-corrected chi connectivity index (χ3v) is 10.8. The van der Waals surface area contributed by atoms with E-state index >= 15 is 0 Å². The van der Waals surface area contributed by atoms with Gasteiger partial charge in [0.05, 0.1) is 11.2 Å². The molecule has 1 heterocycles. The molecule has 3 nitrogen and oxygen atoms in total. The number of thioether (sulfide) groups is 2. The maximum Gasteiger partial charge on any atom is 0.302 e. The largest absolute Gasteiger partial charge is 0.462 e. The molecule has 4 aliphatic rings. The van der Waals surface area contributed by atoms with Gasteiger partial charge in [-0.3, -0.25) is 4.79 Å². The number of rotatable bonds is 3. The van der Waals surface area contributed by atoms with Gasteiger partial charge in [-0.15, -0.1) is 23.5 Å². The predicted octanol–water partition coefficient (Wildman–Crippen LogP) is 5.59. The van der Waals surface area contributed by atoms with Gasteiger partial charge in [-0.05, 0) is 67.3 Å². The predicted molar refractivity (Wildman–Crippen MR) is 123 cm³/mol. The molecule has 2 saturated carbocycles. The molecule has 5 atom stereocenters. The summed E-state index contributed by atoms with van der Waals surface area (Å²) in [5, 5.41) is 10.3. The number of allylic oxidation sites excluding steroid dienone is 1. The molecule has 5 heteroatoms. The van der Waals surface area contributed by atoms with Crippen molar-refractivity contribution in [3.8, 4) is 0 Å². The molecule has 162 valence electrons. The summed E-state index contributed by atoms with van der Waals surface area (Å²) in [4.78, 5) is 11.4. The van der Waals surface area contributed by atoms with Crippen molar-refractivity contribution in [1.82, 2.24) is 0 Å². The Hall–Kier alpha value is -0.390. The number of ether oxygens (including phenoxy) is 1. The van der Waals surface area contributed by atoms with Crippen LogP contribution >= 0.6 is 23.5 Å². The highest BCUT2D eigenvalue weighted by Gasteiger charge is 2.52. The summed E-state index contributed by atoms with van der Waals surface area (Å²) in [6, 6.07) is 0. The molecule has 0 aromatic heterocycles. The number of hydrogen-bond donors (Lipinski definition) is 1. The van der Waals surface area contributed by atoms with Gasteiger partial charge in [0, 0.05) is 18.8 Å². The molecule has 4 rings (SSSR count). The third-order valence-electron chi connectivity index (χ3n) is 8.04. The average Bonchev–Trinajstić information content (AvgIpc) is 2.70. The quantitative estimate of drug-likeness (QED) is 0.462. The van der Waals surface area contributed by atoms with Crippen molar-refractivity contribution in [3.05, 3.63) is 23.3 Å². The Balaban J connectivity index is 1.62. The van der Waals surface area contributed by atoms with Crippen molar-refractivity contribution < 1.29 is 14.6 Å². The molecule has 1 aliphatic heterocycles. The van der Waals surface area contributed by atoms with Crippen molar-refractivity contribution in [2.75, 3.05) is 18.1 Å². The van der Waals surface area contributed by atoms with E-state index in [2.05, 4.69) is 49.5 Å². The van der Waals surface area contributed by atoms with E-state index in [4.69, 9.17) is 4.74 Å². The van der Waals surface area contributed by atoms with E-state index in [-0.39, 0.29) is 29.5 Å². The van der Waals surface area contributed by atoms with Crippen LogP contribution in [0.5, 0.6) is 0 Å². The van der Waals surface area contributed by atoms with E-state index in [1.165, 1.54) is 42.4 Å². The topological polar surface area (TPSA) is 46.5 Å². The van der Waals surface area contributed by atoms with E-state index in [9.17, 15) is 9.90 Å². The first-order valence-corrected chi connectivity index (χ1v) is 13.4. The van der Waals surface area contributed by atoms with Crippen LogP contribution in [0.15, 0.2) is 23.3 Å². The fourth-order valence-electron chi connectivity index (χ4n) is 6.33. The number of esters is 1. The number of aliphatic hydroxyl groups is 1. The van der Waals surface area contributed by atoms with E-state index in [0.717, 1.165) is 32.1 Å². The Labute approximate surface area is 184 Å².